The van der Waals surface area contributed by atoms with E-state index in [0.29, 0.717) is 30.2 Å². The third kappa shape index (κ3) is 6.31. The van der Waals surface area contributed by atoms with Crippen molar-refractivity contribution in [2.75, 3.05) is 26.2 Å². The molecule has 0 saturated carbocycles. The van der Waals surface area contributed by atoms with Crippen molar-refractivity contribution in [3.63, 3.8) is 0 Å². The Morgan fingerprint density at radius 2 is 2.04 bits per heavy atom. The first-order chi connectivity index (χ1) is 12.3. The zero-order valence-corrected chi connectivity index (χ0v) is 15.5. The molecule has 2 unspecified atom stereocenters. The molecule has 7 heteroatoms. The summed E-state index contributed by atoms with van der Waals surface area (Å²) in [5.74, 6) is 0.217. The van der Waals surface area contributed by atoms with Crippen LogP contribution in [0.3, 0.4) is 0 Å². The number of likely N-dealkylation sites (tertiary alicyclic amines) is 1. The minimum absolute atomic E-state index is 0.203. The predicted molar refractivity (Wildman–Crippen MR) is 98.9 cm³/mol. The first-order valence-corrected chi connectivity index (χ1v) is 9.07. The number of aliphatic hydroxyl groups excluding tert-OH is 1. The Balaban J connectivity index is 1.96. The number of hydrogen-bond donors (Lipinski definition) is 3. The number of nitrogens with zero attached hydrogens (tertiary/aromatic N) is 1. The van der Waals surface area contributed by atoms with Crippen LogP contribution in [0.4, 0.5) is 0 Å². The molecule has 2 atom stereocenters. The summed E-state index contributed by atoms with van der Waals surface area (Å²) in [6.45, 7) is 6.66. The molecule has 0 radical (unpaired) electrons. The SMILES string of the molecule is CC(C)CN1CCCC(O)C(NC(=O)c2ccc(OCC(N)=O)cc2)C1. The Labute approximate surface area is 154 Å². The molecule has 1 aromatic rings. The zero-order valence-electron chi connectivity index (χ0n) is 15.5. The second kappa shape index (κ2) is 9.54. The highest BCUT2D eigenvalue weighted by Crippen LogP contribution is 2.15. The molecule has 144 valence electrons. The van der Waals surface area contributed by atoms with Crippen LogP contribution in [0.1, 0.15) is 37.0 Å². The third-order valence-corrected chi connectivity index (χ3v) is 4.33. The van der Waals surface area contributed by atoms with Gasteiger partial charge in [-0.2, -0.15) is 0 Å². The van der Waals surface area contributed by atoms with Crippen LogP contribution in [0.5, 0.6) is 5.75 Å². The molecule has 2 amide bonds. The second-order valence-corrected chi connectivity index (χ2v) is 7.22. The van der Waals surface area contributed by atoms with Crippen molar-refractivity contribution in [3.05, 3.63) is 29.8 Å². The summed E-state index contributed by atoms with van der Waals surface area (Å²) in [6.07, 6.45) is 1.06. The Hall–Kier alpha value is -2.12. The molecular formula is C19H29N3O4. The average Bonchev–Trinajstić information content (AvgIpc) is 2.74. The smallest absolute Gasteiger partial charge is 0.255 e. The van der Waals surface area contributed by atoms with Crippen molar-refractivity contribution in [2.24, 2.45) is 11.7 Å². The van der Waals surface area contributed by atoms with E-state index in [2.05, 4.69) is 24.1 Å². The summed E-state index contributed by atoms with van der Waals surface area (Å²) in [5.41, 5.74) is 5.51. The molecule has 1 aliphatic heterocycles. The highest BCUT2D eigenvalue weighted by Gasteiger charge is 2.27. The maximum Gasteiger partial charge on any atom is 0.255 e. The summed E-state index contributed by atoms with van der Waals surface area (Å²) in [6, 6.07) is 6.19. The molecule has 0 aromatic heterocycles. The van der Waals surface area contributed by atoms with Crippen LogP contribution >= 0.6 is 0 Å². The van der Waals surface area contributed by atoms with Gasteiger partial charge in [-0.3, -0.25) is 9.59 Å². The van der Waals surface area contributed by atoms with Crippen LogP contribution < -0.4 is 15.8 Å². The molecule has 4 N–H and O–H groups in total. The molecule has 0 aliphatic carbocycles. The highest BCUT2D eigenvalue weighted by molar-refractivity contribution is 5.94. The minimum atomic E-state index is -0.555. The monoisotopic (exact) mass is 363 g/mol. The highest BCUT2D eigenvalue weighted by atomic mass is 16.5. The van der Waals surface area contributed by atoms with Gasteiger partial charge in [-0.25, -0.2) is 0 Å². The standard InChI is InChI=1S/C19H29N3O4/c1-13(2)10-22-9-3-4-17(23)16(11-22)21-19(25)14-5-7-15(8-6-14)26-12-18(20)24/h5-8,13,16-17,23H,3-4,9-12H2,1-2H3,(H2,20,24)(H,21,25). The van der Waals surface area contributed by atoms with E-state index in [-0.39, 0.29) is 18.6 Å². The van der Waals surface area contributed by atoms with Gasteiger partial charge in [-0.05, 0) is 49.6 Å². The van der Waals surface area contributed by atoms with Gasteiger partial charge >= 0.3 is 0 Å². The molecule has 0 bridgehead atoms. The summed E-state index contributed by atoms with van der Waals surface area (Å²) >= 11 is 0. The van der Waals surface area contributed by atoms with Crippen molar-refractivity contribution < 1.29 is 19.4 Å². The topological polar surface area (TPSA) is 105 Å². The number of carbonyl (C=O) groups is 2. The van der Waals surface area contributed by atoms with E-state index in [1.54, 1.807) is 24.3 Å². The Bertz CT molecular complexity index is 603. The van der Waals surface area contributed by atoms with Crippen molar-refractivity contribution in [1.82, 2.24) is 10.2 Å². The van der Waals surface area contributed by atoms with Gasteiger partial charge in [0.15, 0.2) is 6.61 Å². The van der Waals surface area contributed by atoms with Crippen molar-refractivity contribution >= 4 is 11.8 Å². The van der Waals surface area contributed by atoms with Crippen LogP contribution in [0, 0.1) is 5.92 Å². The number of nitrogens with two attached hydrogens (primary N) is 1. The van der Waals surface area contributed by atoms with Crippen molar-refractivity contribution in [2.45, 2.75) is 38.8 Å². The summed E-state index contributed by atoms with van der Waals surface area (Å²) in [5, 5.41) is 13.3. The first-order valence-electron chi connectivity index (χ1n) is 9.07. The molecule has 2 rings (SSSR count). The normalized spacial score (nSPS) is 21.2. The van der Waals surface area contributed by atoms with Crippen LogP contribution in [-0.4, -0.2) is 60.2 Å². The number of benzene rings is 1. The molecule has 1 fully saturated rings. The molecule has 0 spiro atoms. The number of carbonyl (C=O) groups excluding carboxylic acids is 2. The van der Waals surface area contributed by atoms with Crippen LogP contribution in [0.15, 0.2) is 24.3 Å². The van der Waals surface area contributed by atoms with E-state index >= 15 is 0 Å². The lowest BCUT2D eigenvalue weighted by Crippen LogP contribution is -2.49. The van der Waals surface area contributed by atoms with Gasteiger partial charge in [-0.1, -0.05) is 13.8 Å². The van der Waals surface area contributed by atoms with Crippen LogP contribution in [0.2, 0.25) is 0 Å². The molecule has 26 heavy (non-hydrogen) atoms. The Morgan fingerprint density at radius 3 is 2.65 bits per heavy atom. The van der Waals surface area contributed by atoms with Gasteiger partial charge in [0.05, 0.1) is 12.1 Å². The minimum Gasteiger partial charge on any atom is -0.484 e. The van der Waals surface area contributed by atoms with Gasteiger partial charge in [0.1, 0.15) is 5.75 Å². The molecule has 1 aliphatic rings. The average molecular weight is 363 g/mol. The predicted octanol–water partition coefficient (Wildman–Crippen LogP) is 0.762. The van der Waals surface area contributed by atoms with Gasteiger partial charge in [-0.15, -0.1) is 0 Å². The lowest BCUT2D eigenvalue weighted by Gasteiger charge is -2.28. The van der Waals surface area contributed by atoms with E-state index in [4.69, 9.17) is 10.5 Å². The first kappa shape index (κ1) is 20.2. The number of primary amides is 1. The Morgan fingerprint density at radius 1 is 1.35 bits per heavy atom. The van der Waals surface area contributed by atoms with Crippen LogP contribution in [-0.2, 0) is 4.79 Å². The van der Waals surface area contributed by atoms with Gasteiger partial charge in [0.25, 0.3) is 11.8 Å². The number of nitrogens with one attached hydrogen (secondary N) is 1. The summed E-state index contributed by atoms with van der Waals surface area (Å²) in [7, 11) is 0. The van der Waals surface area contributed by atoms with E-state index in [1.165, 1.54) is 0 Å². The molecule has 7 nitrogen and oxygen atoms in total. The second-order valence-electron chi connectivity index (χ2n) is 7.22. The third-order valence-electron chi connectivity index (χ3n) is 4.33. The van der Waals surface area contributed by atoms with E-state index in [1.807, 2.05) is 0 Å². The zero-order chi connectivity index (χ0) is 19.1. The van der Waals surface area contributed by atoms with E-state index in [9.17, 15) is 14.7 Å². The molecular weight excluding hydrogens is 334 g/mol. The largest absolute Gasteiger partial charge is 0.484 e. The lowest BCUT2D eigenvalue weighted by molar-refractivity contribution is -0.119. The number of amides is 2. The number of aliphatic hydroxyl groups is 1. The Kier molecular flexibility index (Phi) is 7.41. The number of hydrogen-bond acceptors (Lipinski definition) is 5. The number of rotatable bonds is 7. The fourth-order valence-corrected chi connectivity index (χ4v) is 3.15. The van der Waals surface area contributed by atoms with E-state index in [0.717, 1.165) is 19.5 Å². The van der Waals surface area contributed by atoms with Gasteiger partial charge < -0.3 is 25.8 Å². The quantitative estimate of drug-likeness (QED) is 0.663. The lowest BCUT2D eigenvalue weighted by atomic mass is 10.1. The molecule has 1 heterocycles. The fraction of sp³-hybridized carbons (Fsp3) is 0.579. The van der Waals surface area contributed by atoms with Crippen LogP contribution in [0.25, 0.3) is 0 Å². The van der Waals surface area contributed by atoms with Gasteiger partial charge in [0, 0.05) is 18.7 Å². The maximum atomic E-state index is 12.5. The van der Waals surface area contributed by atoms with Crippen molar-refractivity contribution in [1.29, 1.82) is 0 Å². The molecule has 1 aromatic carbocycles. The fourth-order valence-electron chi connectivity index (χ4n) is 3.15. The number of ether oxygens (including phenoxy) is 1. The summed E-state index contributed by atoms with van der Waals surface area (Å²) < 4.78 is 5.18. The molecule has 1 saturated heterocycles. The van der Waals surface area contributed by atoms with Crippen molar-refractivity contribution in [3.8, 4) is 5.75 Å². The van der Waals surface area contributed by atoms with Gasteiger partial charge in [0.2, 0.25) is 0 Å². The summed E-state index contributed by atoms with van der Waals surface area (Å²) in [4.78, 5) is 25.5. The maximum absolute atomic E-state index is 12.5. The van der Waals surface area contributed by atoms with E-state index < -0.39 is 12.0 Å².